The molecule has 0 aromatic heterocycles. The topological polar surface area (TPSA) is 67.9 Å². The molecule has 1 aliphatic rings. The maximum Gasteiger partial charge on any atom is 0.253 e. The Morgan fingerprint density at radius 3 is 2.69 bits per heavy atom. The summed E-state index contributed by atoms with van der Waals surface area (Å²) in [6.07, 6.45) is 2.46. The van der Waals surface area contributed by atoms with Crippen molar-refractivity contribution in [1.82, 2.24) is 10.2 Å². The highest BCUT2D eigenvalue weighted by Gasteiger charge is 2.28. The van der Waals surface area contributed by atoms with Gasteiger partial charge in [0.15, 0.2) is 0 Å². The van der Waals surface area contributed by atoms with Gasteiger partial charge in [0.05, 0.1) is 19.1 Å². The highest BCUT2D eigenvalue weighted by Crippen LogP contribution is 2.19. The number of hydrogen-bond acceptors (Lipinski definition) is 4. The van der Waals surface area contributed by atoms with Gasteiger partial charge in [0.25, 0.3) is 5.91 Å². The van der Waals surface area contributed by atoms with E-state index in [0.717, 1.165) is 24.8 Å². The molecule has 0 saturated carbocycles. The molecule has 2 rings (SSSR count). The number of benzene rings is 1. The van der Waals surface area contributed by atoms with Crippen LogP contribution in [0.25, 0.3) is 0 Å². The van der Waals surface area contributed by atoms with Crippen LogP contribution >= 0.6 is 0 Å². The van der Waals surface area contributed by atoms with Gasteiger partial charge in [0.1, 0.15) is 0 Å². The van der Waals surface area contributed by atoms with E-state index in [4.69, 9.17) is 9.47 Å². The lowest BCUT2D eigenvalue weighted by Crippen LogP contribution is -2.45. The van der Waals surface area contributed by atoms with Gasteiger partial charge in [-0.05, 0) is 38.3 Å². The lowest BCUT2D eigenvalue weighted by atomic mass is 9.96. The van der Waals surface area contributed by atoms with Crippen molar-refractivity contribution in [3.05, 3.63) is 35.4 Å². The molecule has 0 aliphatic carbocycles. The molecule has 1 heterocycles. The number of methoxy groups -OCH3 is 1. The van der Waals surface area contributed by atoms with E-state index in [9.17, 15) is 9.59 Å². The van der Waals surface area contributed by atoms with Crippen LogP contribution in [0.4, 0.5) is 0 Å². The fourth-order valence-corrected chi connectivity index (χ4v) is 3.03. The summed E-state index contributed by atoms with van der Waals surface area (Å²) in [5.74, 6) is -0.0927. The number of rotatable bonds is 9. The molecule has 6 heteroatoms. The Bertz CT molecular complexity index is 574. The van der Waals surface area contributed by atoms with E-state index in [1.165, 1.54) is 0 Å². The van der Waals surface area contributed by atoms with E-state index < -0.39 is 0 Å². The molecule has 1 aromatic carbocycles. The zero-order valence-corrected chi connectivity index (χ0v) is 15.8. The minimum atomic E-state index is -0.132. The monoisotopic (exact) mass is 362 g/mol. The fraction of sp³-hybridized carbons (Fsp3) is 0.600. The number of likely N-dealkylation sites (tertiary alicyclic amines) is 1. The maximum atomic E-state index is 12.6. The van der Waals surface area contributed by atoms with Gasteiger partial charge < -0.3 is 19.7 Å². The second-order valence-electron chi connectivity index (χ2n) is 6.71. The van der Waals surface area contributed by atoms with Crippen molar-refractivity contribution < 1.29 is 19.1 Å². The largest absolute Gasteiger partial charge is 0.382 e. The number of nitrogens with zero attached hydrogens (tertiary/aromatic N) is 1. The first-order chi connectivity index (χ1) is 12.6. The first-order valence-electron chi connectivity index (χ1n) is 9.32. The predicted molar refractivity (Wildman–Crippen MR) is 100 cm³/mol. The maximum absolute atomic E-state index is 12.6. The summed E-state index contributed by atoms with van der Waals surface area (Å²) in [6.45, 7) is 5.55. The van der Waals surface area contributed by atoms with Crippen molar-refractivity contribution in [2.45, 2.75) is 26.2 Å². The van der Waals surface area contributed by atoms with Gasteiger partial charge in [-0.3, -0.25) is 9.59 Å². The van der Waals surface area contributed by atoms with Gasteiger partial charge in [0, 0.05) is 38.9 Å². The number of carbonyl (C=O) groups excluding carboxylic acids is 2. The van der Waals surface area contributed by atoms with Crippen molar-refractivity contribution in [2.24, 2.45) is 5.92 Å². The van der Waals surface area contributed by atoms with Crippen LogP contribution in [0, 0.1) is 12.8 Å². The van der Waals surface area contributed by atoms with E-state index in [-0.39, 0.29) is 17.7 Å². The number of hydrogen-bond donors (Lipinski definition) is 1. The Morgan fingerprint density at radius 1 is 1.19 bits per heavy atom. The van der Waals surface area contributed by atoms with Crippen LogP contribution in [0.5, 0.6) is 0 Å². The summed E-state index contributed by atoms with van der Waals surface area (Å²) >= 11 is 0. The number of carbonyl (C=O) groups is 2. The summed E-state index contributed by atoms with van der Waals surface area (Å²) < 4.78 is 10.3. The molecule has 1 aliphatic heterocycles. The fourth-order valence-electron chi connectivity index (χ4n) is 3.03. The summed E-state index contributed by atoms with van der Waals surface area (Å²) in [7, 11) is 1.64. The molecule has 0 bridgehead atoms. The van der Waals surface area contributed by atoms with Gasteiger partial charge in [-0.2, -0.15) is 0 Å². The molecule has 2 amide bonds. The predicted octanol–water partition coefficient (Wildman–Crippen LogP) is 2.02. The Kier molecular flexibility index (Phi) is 8.58. The van der Waals surface area contributed by atoms with Crippen LogP contribution in [0.2, 0.25) is 0 Å². The molecule has 1 aromatic rings. The molecule has 1 N–H and O–H groups in total. The first-order valence-corrected chi connectivity index (χ1v) is 9.32. The Labute approximate surface area is 155 Å². The summed E-state index contributed by atoms with van der Waals surface area (Å²) in [5, 5.41) is 2.96. The minimum absolute atomic E-state index is 0.00837. The van der Waals surface area contributed by atoms with Crippen molar-refractivity contribution in [2.75, 3.05) is 46.6 Å². The summed E-state index contributed by atoms with van der Waals surface area (Å²) in [4.78, 5) is 26.8. The SMILES string of the molecule is COCCOCCCNC(=O)C1CCCN(C(=O)c2ccc(C)cc2)C1. The van der Waals surface area contributed by atoms with Crippen LogP contribution in [0.1, 0.15) is 35.2 Å². The first kappa shape index (κ1) is 20.4. The normalized spacial score (nSPS) is 17.2. The molecular weight excluding hydrogens is 332 g/mol. The third kappa shape index (κ3) is 6.42. The Balaban J connectivity index is 1.73. The number of ether oxygens (including phenoxy) is 2. The second kappa shape index (κ2) is 10.9. The molecule has 0 radical (unpaired) electrons. The molecular formula is C20H30N2O4. The second-order valence-corrected chi connectivity index (χ2v) is 6.71. The van der Waals surface area contributed by atoms with Crippen molar-refractivity contribution in [3.8, 4) is 0 Å². The molecule has 1 atom stereocenters. The summed E-state index contributed by atoms with van der Waals surface area (Å²) in [6, 6.07) is 7.59. The highest BCUT2D eigenvalue weighted by atomic mass is 16.5. The Morgan fingerprint density at radius 2 is 1.96 bits per heavy atom. The van der Waals surface area contributed by atoms with E-state index >= 15 is 0 Å². The van der Waals surface area contributed by atoms with E-state index in [0.29, 0.717) is 45.0 Å². The average Bonchev–Trinajstić information content (AvgIpc) is 2.67. The van der Waals surface area contributed by atoms with Crippen LogP contribution in [-0.4, -0.2) is 63.3 Å². The zero-order valence-electron chi connectivity index (χ0n) is 15.8. The zero-order chi connectivity index (χ0) is 18.8. The van der Waals surface area contributed by atoms with Gasteiger partial charge in [-0.15, -0.1) is 0 Å². The average molecular weight is 362 g/mol. The minimum Gasteiger partial charge on any atom is -0.382 e. The van der Waals surface area contributed by atoms with E-state index in [2.05, 4.69) is 5.32 Å². The number of nitrogens with one attached hydrogen (secondary N) is 1. The molecule has 0 spiro atoms. The third-order valence-electron chi connectivity index (χ3n) is 4.57. The molecule has 1 fully saturated rings. The summed E-state index contributed by atoms with van der Waals surface area (Å²) in [5.41, 5.74) is 1.81. The Hall–Kier alpha value is -1.92. The highest BCUT2D eigenvalue weighted by molar-refractivity contribution is 5.94. The molecule has 1 saturated heterocycles. The van der Waals surface area contributed by atoms with Crippen LogP contribution in [0.3, 0.4) is 0 Å². The lowest BCUT2D eigenvalue weighted by Gasteiger charge is -2.32. The standard InChI is InChI=1S/C20H30N2O4/c1-16-6-8-17(9-7-16)20(24)22-11-3-5-18(15-22)19(23)21-10-4-12-26-14-13-25-2/h6-9,18H,3-5,10-15H2,1-2H3,(H,21,23). The van der Waals surface area contributed by atoms with Crippen molar-refractivity contribution in [3.63, 3.8) is 0 Å². The van der Waals surface area contributed by atoms with Gasteiger partial charge in [-0.25, -0.2) is 0 Å². The molecule has 26 heavy (non-hydrogen) atoms. The number of aryl methyl sites for hydroxylation is 1. The smallest absolute Gasteiger partial charge is 0.253 e. The van der Waals surface area contributed by atoms with E-state index in [1.807, 2.05) is 31.2 Å². The van der Waals surface area contributed by atoms with Crippen molar-refractivity contribution in [1.29, 1.82) is 0 Å². The lowest BCUT2D eigenvalue weighted by molar-refractivity contribution is -0.126. The molecule has 144 valence electrons. The molecule has 1 unspecified atom stereocenters. The van der Waals surface area contributed by atoms with Gasteiger partial charge in [0.2, 0.25) is 5.91 Å². The number of piperidine rings is 1. The van der Waals surface area contributed by atoms with Gasteiger partial charge in [-0.1, -0.05) is 17.7 Å². The number of amides is 2. The third-order valence-corrected chi connectivity index (χ3v) is 4.57. The molecule has 6 nitrogen and oxygen atoms in total. The van der Waals surface area contributed by atoms with Crippen LogP contribution < -0.4 is 5.32 Å². The van der Waals surface area contributed by atoms with Gasteiger partial charge >= 0.3 is 0 Å². The quantitative estimate of drug-likeness (QED) is 0.683. The van der Waals surface area contributed by atoms with Crippen LogP contribution in [0.15, 0.2) is 24.3 Å². The van der Waals surface area contributed by atoms with Crippen LogP contribution in [-0.2, 0) is 14.3 Å². The van der Waals surface area contributed by atoms with E-state index in [1.54, 1.807) is 12.0 Å². The van der Waals surface area contributed by atoms with Crippen molar-refractivity contribution >= 4 is 11.8 Å².